The van der Waals surface area contributed by atoms with Gasteiger partial charge >= 0.3 is 0 Å². The summed E-state index contributed by atoms with van der Waals surface area (Å²) in [7, 11) is 1.82. The van der Waals surface area contributed by atoms with Crippen molar-refractivity contribution in [2.75, 3.05) is 20.2 Å². The molecule has 0 aliphatic rings. The Labute approximate surface area is 109 Å². The number of aliphatic hydroxyl groups excluding tert-OH is 1. The molecule has 1 heterocycles. The van der Waals surface area contributed by atoms with E-state index in [-0.39, 0.29) is 12.5 Å². The maximum absolute atomic E-state index is 12.1. The fraction of sp³-hybridized carbons (Fsp3) is 0.571. The van der Waals surface area contributed by atoms with Gasteiger partial charge in [0.2, 0.25) is 0 Å². The Morgan fingerprint density at radius 1 is 1.44 bits per heavy atom. The van der Waals surface area contributed by atoms with Crippen LogP contribution >= 0.6 is 0 Å². The summed E-state index contributed by atoms with van der Waals surface area (Å²) in [6, 6.07) is 3.48. The third-order valence-corrected chi connectivity index (χ3v) is 2.88. The molecule has 1 amide bonds. The van der Waals surface area contributed by atoms with Crippen molar-refractivity contribution < 1.29 is 9.90 Å². The van der Waals surface area contributed by atoms with E-state index < -0.39 is 0 Å². The van der Waals surface area contributed by atoms with E-state index >= 15 is 0 Å². The molecule has 4 heteroatoms. The van der Waals surface area contributed by atoms with E-state index in [0.717, 1.165) is 31.5 Å². The number of aliphatic hydroxyl groups is 1. The van der Waals surface area contributed by atoms with Crippen LogP contribution in [0.4, 0.5) is 0 Å². The average Bonchev–Trinajstić information content (AvgIpc) is 2.39. The molecule has 0 aliphatic carbocycles. The highest BCUT2D eigenvalue weighted by Gasteiger charge is 2.11. The monoisotopic (exact) mass is 250 g/mol. The van der Waals surface area contributed by atoms with Gasteiger partial charge in [-0.1, -0.05) is 19.8 Å². The van der Waals surface area contributed by atoms with Gasteiger partial charge in [0, 0.05) is 44.1 Å². The Bertz CT molecular complexity index is 380. The molecule has 0 bridgehead atoms. The number of pyridine rings is 1. The lowest BCUT2D eigenvalue weighted by molar-refractivity contribution is 0.0792. The number of nitrogens with zero attached hydrogens (tertiary/aromatic N) is 2. The molecule has 0 spiro atoms. The molecule has 0 fully saturated rings. The standard InChI is InChI=1S/C14H22N2O2/c1-3-4-5-9-16(2)14(18)12-6-8-15-13(11-12)7-10-17/h6,8,11,17H,3-5,7,9-10H2,1-2H3. The van der Waals surface area contributed by atoms with E-state index in [0.29, 0.717) is 12.0 Å². The predicted molar refractivity (Wildman–Crippen MR) is 71.5 cm³/mol. The van der Waals surface area contributed by atoms with Gasteiger partial charge in [0.15, 0.2) is 0 Å². The van der Waals surface area contributed by atoms with E-state index in [1.807, 2.05) is 7.05 Å². The molecule has 0 atom stereocenters. The largest absolute Gasteiger partial charge is 0.396 e. The zero-order chi connectivity index (χ0) is 13.4. The fourth-order valence-electron chi connectivity index (χ4n) is 1.78. The van der Waals surface area contributed by atoms with Gasteiger partial charge in [0.05, 0.1) is 0 Å². The van der Waals surface area contributed by atoms with Gasteiger partial charge < -0.3 is 10.0 Å². The first-order chi connectivity index (χ1) is 8.69. The van der Waals surface area contributed by atoms with Crippen LogP contribution in [0, 0.1) is 0 Å². The van der Waals surface area contributed by atoms with Crippen LogP contribution in [0.2, 0.25) is 0 Å². The van der Waals surface area contributed by atoms with Crippen LogP contribution < -0.4 is 0 Å². The highest BCUT2D eigenvalue weighted by atomic mass is 16.3. The van der Waals surface area contributed by atoms with Gasteiger partial charge in [-0.3, -0.25) is 9.78 Å². The third kappa shape index (κ3) is 4.45. The van der Waals surface area contributed by atoms with Crippen LogP contribution in [0.3, 0.4) is 0 Å². The molecule has 1 rings (SSSR count). The number of carbonyl (C=O) groups is 1. The molecule has 0 saturated heterocycles. The second-order valence-corrected chi connectivity index (χ2v) is 4.44. The summed E-state index contributed by atoms with van der Waals surface area (Å²) in [5, 5.41) is 8.87. The minimum absolute atomic E-state index is 0.0210. The van der Waals surface area contributed by atoms with E-state index in [9.17, 15) is 4.79 Å². The molecule has 1 N–H and O–H groups in total. The van der Waals surface area contributed by atoms with Crippen LogP contribution in [0.15, 0.2) is 18.3 Å². The zero-order valence-electron chi connectivity index (χ0n) is 11.2. The number of hydrogen-bond donors (Lipinski definition) is 1. The second kappa shape index (κ2) is 7.82. The van der Waals surface area contributed by atoms with Crippen molar-refractivity contribution in [3.63, 3.8) is 0 Å². The zero-order valence-corrected chi connectivity index (χ0v) is 11.2. The molecule has 0 aliphatic heterocycles. The molecule has 18 heavy (non-hydrogen) atoms. The molecule has 100 valence electrons. The number of aromatic nitrogens is 1. The maximum Gasteiger partial charge on any atom is 0.253 e. The van der Waals surface area contributed by atoms with Gasteiger partial charge in [0.1, 0.15) is 0 Å². The highest BCUT2D eigenvalue weighted by Crippen LogP contribution is 2.07. The van der Waals surface area contributed by atoms with Crippen LogP contribution in [0.5, 0.6) is 0 Å². The Hall–Kier alpha value is -1.42. The van der Waals surface area contributed by atoms with E-state index in [2.05, 4.69) is 11.9 Å². The smallest absolute Gasteiger partial charge is 0.253 e. The Morgan fingerprint density at radius 2 is 2.22 bits per heavy atom. The van der Waals surface area contributed by atoms with Crippen molar-refractivity contribution in [2.45, 2.75) is 32.6 Å². The SMILES string of the molecule is CCCCCN(C)C(=O)c1ccnc(CCO)c1. The van der Waals surface area contributed by atoms with Crippen molar-refractivity contribution in [1.29, 1.82) is 0 Å². The topological polar surface area (TPSA) is 53.4 Å². The first-order valence-corrected chi connectivity index (χ1v) is 6.50. The lowest BCUT2D eigenvalue weighted by Crippen LogP contribution is -2.27. The van der Waals surface area contributed by atoms with Crippen molar-refractivity contribution in [3.05, 3.63) is 29.6 Å². The van der Waals surface area contributed by atoms with Crippen LogP contribution in [0.1, 0.15) is 42.2 Å². The number of hydrogen-bond acceptors (Lipinski definition) is 3. The second-order valence-electron chi connectivity index (χ2n) is 4.44. The molecule has 1 aromatic rings. The van der Waals surface area contributed by atoms with E-state index in [1.54, 1.807) is 23.2 Å². The summed E-state index contributed by atoms with van der Waals surface area (Å²) < 4.78 is 0. The molecule has 4 nitrogen and oxygen atoms in total. The van der Waals surface area contributed by atoms with Gasteiger partial charge in [-0.15, -0.1) is 0 Å². The lowest BCUT2D eigenvalue weighted by atomic mass is 10.1. The number of carbonyl (C=O) groups excluding carboxylic acids is 1. The van der Waals surface area contributed by atoms with Gasteiger partial charge in [0.25, 0.3) is 5.91 Å². The van der Waals surface area contributed by atoms with E-state index in [4.69, 9.17) is 5.11 Å². The Balaban J connectivity index is 2.62. The first kappa shape index (κ1) is 14.6. The molecule has 0 saturated carbocycles. The molecular weight excluding hydrogens is 228 g/mol. The summed E-state index contributed by atoms with van der Waals surface area (Å²) in [5.41, 5.74) is 1.40. The number of rotatable bonds is 7. The number of unbranched alkanes of at least 4 members (excludes halogenated alkanes) is 2. The number of amides is 1. The highest BCUT2D eigenvalue weighted by molar-refractivity contribution is 5.94. The Morgan fingerprint density at radius 3 is 2.89 bits per heavy atom. The normalized spacial score (nSPS) is 10.4. The summed E-state index contributed by atoms with van der Waals surface area (Å²) in [5.74, 6) is 0.0210. The molecular formula is C14H22N2O2. The van der Waals surface area contributed by atoms with Crippen LogP contribution in [-0.2, 0) is 6.42 Å². The Kier molecular flexibility index (Phi) is 6.36. The minimum Gasteiger partial charge on any atom is -0.396 e. The first-order valence-electron chi connectivity index (χ1n) is 6.50. The molecule has 1 aromatic heterocycles. The minimum atomic E-state index is 0.0210. The summed E-state index contributed by atoms with van der Waals surface area (Å²) >= 11 is 0. The van der Waals surface area contributed by atoms with Crippen LogP contribution in [0.25, 0.3) is 0 Å². The van der Waals surface area contributed by atoms with Crippen molar-refractivity contribution in [1.82, 2.24) is 9.88 Å². The van der Waals surface area contributed by atoms with Gasteiger partial charge in [-0.25, -0.2) is 0 Å². The summed E-state index contributed by atoms with van der Waals surface area (Å²) in [4.78, 5) is 18.0. The van der Waals surface area contributed by atoms with E-state index in [1.165, 1.54) is 0 Å². The fourth-order valence-corrected chi connectivity index (χ4v) is 1.78. The van der Waals surface area contributed by atoms with Crippen molar-refractivity contribution in [3.8, 4) is 0 Å². The van der Waals surface area contributed by atoms with Crippen molar-refractivity contribution >= 4 is 5.91 Å². The summed E-state index contributed by atoms with van der Waals surface area (Å²) in [6.45, 7) is 2.98. The van der Waals surface area contributed by atoms with Gasteiger partial charge in [-0.2, -0.15) is 0 Å². The average molecular weight is 250 g/mol. The van der Waals surface area contributed by atoms with Crippen LogP contribution in [-0.4, -0.2) is 41.1 Å². The molecule has 0 aromatic carbocycles. The quantitative estimate of drug-likeness (QED) is 0.752. The lowest BCUT2D eigenvalue weighted by Gasteiger charge is -2.17. The third-order valence-electron chi connectivity index (χ3n) is 2.88. The van der Waals surface area contributed by atoms with Crippen molar-refractivity contribution in [2.24, 2.45) is 0 Å². The predicted octanol–water partition coefficient (Wildman–Crippen LogP) is 1.88. The maximum atomic E-state index is 12.1. The summed E-state index contributed by atoms with van der Waals surface area (Å²) in [6.07, 6.45) is 5.44. The van der Waals surface area contributed by atoms with Gasteiger partial charge in [-0.05, 0) is 18.6 Å². The molecule has 0 unspecified atom stereocenters. The molecule has 0 radical (unpaired) electrons.